The molecule has 0 spiro atoms. The number of carbonyl (C=O) groups excluding carboxylic acids is 1. The Morgan fingerprint density at radius 1 is 1.28 bits per heavy atom. The monoisotopic (exact) mass is 258 g/mol. The van der Waals surface area contributed by atoms with Crippen LogP contribution in [0, 0.1) is 5.41 Å². The van der Waals surface area contributed by atoms with Gasteiger partial charge in [-0.25, -0.2) is 0 Å². The molecule has 0 saturated heterocycles. The largest absolute Gasteiger partial charge is 0.481 e. The van der Waals surface area contributed by atoms with Gasteiger partial charge in [0, 0.05) is 19.0 Å². The van der Waals surface area contributed by atoms with E-state index >= 15 is 0 Å². The minimum Gasteiger partial charge on any atom is -0.481 e. The van der Waals surface area contributed by atoms with Gasteiger partial charge in [-0.05, 0) is 33.9 Å². The molecule has 0 aliphatic heterocycles. The topological polar surface area (TPSA) is 69.6 Å². The molecule has 106 valence electrons. The zero-order valence-electron chi connectivity index (χ0n) is 12.1. The summed E-state index contributed by atoms with van der Waals surface area (Å²) in [6.07, 6.45) is 0.982. The van der Waals surface area contributed by atoms with Gasteiger partial charge in [0.15, 0.2) is 0 Å². The van der Waals surface area contributed by atoms with Crippen LogP contribution in [0.15, 0.2) is 0 Å². The smallest absolute Gasteiger partial charge is 0.310 e. The van der Waals surface area contributed by atoms with E-state index in [4.69, 9.17) is 0 Å². The van der Waals surface area contributed by atoms with Crippen LogP contribution in [0.3, 0.4) is 0 Å². The summed E-state index contributed by atoms with van der Waals surface area (Å²) in [5, 5.41) is 12.1. The molecule has 0 aromatic rings. The molecular formula is C13H26N2O3. The van der Waals surface area contributed by atoms with E-state index in [0.717, 1.165) is 6.54 Å². The van der Waals surface area contributed by atoms with Crippen LogP contribution >= 0.6 is 0 Å². The molecule has 2 N–H and O–H groups in total. The Morgan fingerprint density at radius 2 is 1.78 bits per heavy atom. The lowest BCUT2D eigenvalue weighted by Crippen LogP contribution is -2.43. The summed E-state index contributed by atoms with van der Waals surface area (Å²) in [5.41, 5.74) is -0.929. The quantitative estimate of drug-likeness (QED) is 0.689. The first-order valence-corrected chi connectivity index (χ1v) is 6.45. The summed E-state index contributed by atoms with van der Waals surface area (Å²) in [4.78, 5) is 25.2. The second-order valence-corrected chi connectivity index (χ2v) is 5.20. The molecule has 0 heterocycles. The third kappa shape index (κ3) is 5.04. The van der Waals surface area contributed by atoms with Gasteiger partial charge in [-0.15, -0.1) is 0 Å². The van der Waals surface area contributed by atoms with E-state index in [1.807, 2.05) is 39.8 Å². The predicted octanol–water partition coefficient (Wildman–Crippen LogP) is 1.33. The van der Waals surface area contributed by atoms with E-state index in [1.165, 1.54) is 0 Å². The predicted molar refractivity (Wildman–Crippen MR) is 71.4 cm³/mol. The summed E-state index contributed by atoms with van der Waals surface area (Å²) in [6.45, 7) is 6.28. The Bertz CT molecular complexity index is 286. The van der Waals surface area contributed by atoms with Gasteiger partial charge in [0.2, 0.25) is 5.91 Å². The van der Waals surface area contributed by atoms with Gasteiger partial charge >= 0.3 is 5.97 Å². The van der Waals surface area contributed by atoms with Gasteiger partial charge in [-0.2, -0.15) is 0 Å². The fraction of sp³-hybridized carbons (Fsp3) is 0.846. The summed E-state index contributed by atoms with van der Waals surface area (Å²) in [5.74, 6) is -1.07. The number of carbonyl (C=O) groups is 2. The van der Waals surface area contributed by atoms with E-state index in [-0.39, 0.29) is 18.4 Å². The number of nitrogens with one attached hydrogen (secondary N) is 1. The Labute approximate surface area is 110 Å². The normalized spacial score (nSPS) is 13.4. The Kier molecular flexibility index (Phi) is 6.91. The fourth-order valence-electron chi connectivity index (χ4n) is 2.10. The molecule has 0 aromatic heterocycles. The minimum atomic E-state index is -0.929. The van der Waals surface area contributed by atoms with Crippen LogP contribution in [0.2, 0.25) is 0 Å². The van der Waals surface area contributed by atoms with Crippen molar-refractivity contribution in [1.82, 2.24) is 10.2 Å². The summed E-state index contributed by atoms with van der Waals surface area (Å²) in [7, 11) is 3.87. The van der Waals surface area contributed by atoms with Crippen LogP contribution < -0.4 is 5.32 Å². The van der Waals surface area contributed by atoms with Crippen LogP contribution in [0.4, 0.5) is 0 Å². The molecule has 0 aliphatic carbocycles. The molecule has 1 atom stereocenters. The number of likely N-dealkylation sites (N-methyl/N-ethyl adjacent to an activating group) is 1. The van der Waals surface area contributed by atoms with E-state index in [0.29, 0.717) is 12.8 Å². The standard InChI is InChI=1S/C13H26N2O3/c1-6-13(7-2,12(17)18)8-11(16)14-10(3)9-15(4)5/h10H,6-9H2,1-5H3,(H,14,16)(H,17,18). The molecule has 0 aromatic carbocycles. The number of amides is 1. The average Bonchev–Trinajstić information content (AvgIpc) is 2.24. The maximum absolute atomic E-state index is 11.9. The summed E-state index contributed by atoms with van der Waals surface area (Å²) in [6, 6.07) is 0.0210. The summed E-state index contributed by atoms with van der Waals surface area (Å²) >= 11 is 0. The van der Waals surface area contributed by atoms with Gasteiger partial charge in [0.25, 0.3) is 0 Å². The first kappa shape index (κ1) is 16.9. The maximum atomic E-state index is 11.9. The lowest BCUT2D eigenvalue weighted by atomic mass is 9.79. The SMILES string of the molecule is CCC(CC)(CC(=O)NC(C)CN(C)C)C(=O)O. The summed E-state index contributed by atoms with van der Waals surface area (Å²) < 4.78 is 0. The number of aliphatic carboxylic acids is 1. The zero-order valence-corrected chi connectivity index (χ0v) is 12.1. The number of carboxylic acid groups (broad SMARTS) is 1. The van der Waals surface area contributed by atoms with Crippen molar-refractivity contribution in [2.75, 3.05) is 20.6 Å². The second-order valence-electron chi connectivity index (χ2n) is 5.20. The molecule has 0 rings (SSSR count). The lowest BCUT2D eigenvalue weighted by molar-refractivity contribution is -0.152. The lowest BCUT2D eigenvalue weighted by Gasteiger charge is -2.27. The van der Waals surface area contributed by atoms with Crippen LogP contribution in [0.25, 0.3) is 0 Å². The molecule has 5 heteroatoms. The van der Waals surface area contributed by atoms with E-state index in [9.17, 15) is 14.7 Å². The number of hydrogen-bond donors (Lipinski definition) is 2. The molecule has 1 unspecified atom stereocenters. The van der Waals surface area contributed by atoms with E-state index in [2.05, 4.69) is 5.32 Å². The maximum Gasteiger partial charge on any atom is 0.310 e. The highest BCUT2D eigenvalue weighted by Gasteiger charge is 2.37. The molecule has 5 nitrogen and oxygen atoms in total. The Balaban J connectivity index is 4.48. The highest BCUT2D eigenvalue weighted by molar-refractivity contribution is 5.85. The number of rotatable bonds is 8. The zero-order chi connectivity index (χ0) is 14.3. The Hall–Kier alpha value is -1.10. The van der Waals surface area contributed by atoms with Gasteiger partial charge in [-0.1, -0.05) is 13.8 Å². The molecule has 0 fully saturated rings. The van der Waals surface area contributed by atoms with E-state index < -0.39 is 11.4 Å². The van der Waals surface area contributed by atoms with Crippen molar-refractivity contribution in [3.8, 4) is 0 Å². The third-order valence-electron chi connectivity index (χ3n) is 3.35. The number of hydrogen-bond acceptors (Lipinski definition) is 3. The Morgan fingerprint density at radius 3 is 2.11 bits per heavy atom. The average molecular weight is 258 g/mol. The third-order valence-corrected chi connectivity index (χ3v) is 3.35. The van der Waals surface area contributed by atoms with Crippen molar-refractivity contribution in [3.63, 3.8) is 0 Å². The molecule has 1 amide bonds. The van der Waals surface area contributed by atoms with Crippen molar-refractivity contribution in [2.45, 2.75) is 46.1 Å². The first-order chi connectivity index (χ1) is 8.27. The van der Waals surface area contributed by atoms with Gasteiger partial charge < -0.3 is 15.3 Å². The molecule has 18 heavy (non-hydrogen) atoms. The number of carboxylic acids is 1. The second kappa shape index (κ2) is 7.36. The van der Waals surface area contributed by atoms with Crippen LogP contribution in [0.5, 0.6) is 0 Å². The van der Waals surface area contributed by atoms with Crippen LogP contribution in [-0.2, 0) is 9.59 Å². The highest BCUT2D eigenvalue weighted by Crippen LogP contribution is 2.30. The van der Waals surface area contributed by atoms with Crippen molar-refractivity contribution in [1.29, 1.82) is 0 Å². The minimum absolute atomic E-state index is 0.0210. The number of nitrogens with zero attached hydrogens (tertiary/aromatic N) is 1. The molecule has 0 bridgehead atoms. The molecule has 0 radical (unpaired) electrons. The molecular weight excluding hydrogens is 232 g/mol. The van der Waals surface area contributed by atoms with Gasteiger partial charge in [0.05, 0.1) is 5.41 Å². The van der Waals surface area contributed by atoms with Crippen LogP contribution in [-0.4, -0.2) is 48.6 Å². The first-order valence-electron chi connectivity index (χ1n) is 6.45. The van der Waals surface area contributed by atoms with E-state index in [1.54, 1.807) is 0 Å². The van der Waals surface area contributed by atoms with Crippen molar-refractivity contribution in [3.05, 3.63) is 0 Å². The molecule has 0 saturated carbocycles. The van der Waals surface area contributed by atoms with Crippen LogP contribution in [0.1, 0.15) is 40.0 Å². The van der Waals surface area contributed by atoms with Gasteiger partial charge in [-0.3, -0.25) is 9.59 Å². The van der Waals surface area contributed by atoms with Gasteiger partial charge in [0.1, 0.15) is 0 Å². The van der Waals surface area contributed by atoms with Crippen molar-refractivity contribution < 1.29 is 14.7 Å². The van der Waals surface area contributed by atoms with Crippen molar-refractivity contribution >= 4 is 11.9 Å². The fourth-order valence-corrected chi connectivity index (χ4v) is 2.10. The highest BCUT2D eigenvalue weighted by atomic mass is 16.4. The van der Waals surface area contributed by atoms with Crippen molar-refractivity contribution in [2.24, 2.45) is 5.41 Å². The molecule has 0 aliphatic rings.